The van der Waals surface area contributed by atoms with Crippen LogP contribution in [0.5, 0.6) is 11.5 Å². The fraction of sp³-hybridized carbons (Fsp3) is 0.333. The number of rotatable bonds is 5. The average Bonchev–Trinajstić information content (AvgIpc) is 3.30. The molecule has 1 unspecified atom stereocenters. The van der Waals surface area contributed by atoms with E-state index in [1.54, 1.807) is 43.4 Å². The summed E-state index contributed by atoms with van der Waals surface area (Å²) in [6.45, 7) is 0. The molecule has 0 radical (unpaired) electrons. The summed E-state index contributed by atoms with van der Waals surface area (Å²) in [4.78, 5) is 38.1. The van der Waals surface area contributed by atoms with E-state index < -0.39 is 18.2 Å². The van der Waals surface area contributed by atoms with Gasteiger partial charge in [-0.05, 0) is 49.4 Å². The molecule has 34 heavy (non-hydrogen) atoms. The van der Waals surface area contributed by atoms with Gasteiger partial charge < -0.3 is 25.4 Å². The molecule has 10 heteroatoms. The Morgan fingerprint density at radius 3 is 2.62 bits per heavy atom. The van der Waals surface area contributed by atoms with E-state index in [9.17, 15) is 19.6 Å². The number of nitrogens with zero attached hydrogens (tertiary/aromatic N) is 2. The first-order chi connectivity index (χ1) is 16.4. The van der Waals surface area contributed by atoms with Gasteiger partial charge in [-0.15, -0.1) is 0 Å². The molecule has 0 saturated heterocycles. The van der Waals surface area contributed by atoms with Gasteiger partial charge in [-0.1, -0.05) is 12.1 Å². The molecule has 2 aromatic rings. The number of nitrogens with one attached hydrogen (secondary N) is 2. The van der Waals surface area contributed by atoms with E-state index >= 15 is 0 Å². The zero-order valence-electron chi connectivity index (χ0n) is 18.7. The summed E-state index contributed by atoms with van der Waals surface area (Å²) in [6, 6.07) is 10.4. The Labute approximate surface area is 196 Å². The van der Waals surface area contributed by atoms with Crippen LogP contribution in [-0.4, -0.2) is 37.2 Å². The van der Waals surface area contributed by atoms with E-state index in [1.165, 1.54) is 4.90 Å². The van der Waals surface area contributed by atoms with Gasteiger partial charge in [0.1, 0.15) is 24.0 Å². The number of amides is 4. The Balaban J connectivity index is 1.70. The summed E-state index contributed by atoms with van der Waals surface area (Å²) in [5.41, 5.74) is 7.06. The Hall–Kier alpha value is -4.26. The number of hydrogen-bond donors (Lipinski definition) is 3. The minimum atomic E-state index is -0.866. The van der Waals surface area contributed by atoms with Gasteiger partial charge in [-0.3, -0.25) is 10.1 Å². The van der Waals surface area contributed by atoms with E-state index in [0.29, 0.717) is 28.3 Å². The van der Waals surface area contributed by atoms with Crippen LogP contribution in [0.4, 0.5) is 21.0 Å². The third kappa shape index (κ3) is 4.88. The van der Waals surface area contributed by atoms with Crippen molar-refractivity contribution in [2.24, 2.45) is 5.73 Å². The van der Waals surface area contributed by atoms with Gasteiger partial charge >= 0.3 is 12.1 Å². The topological polar surface area (TPSA) is 147 Å². The molecular weight excluding hydrogens is 438 g/mol. The second kappa shape index (κ2) is 9.70. The molecule has 4 amide bonds. The molecule has 10 nitrogen and oxygen atoms in total. The van der Waals surface area contributed by atoms with Crippen molar-refractivity contribution in [3.8, 4) is 17.6 Å². The van der Waals surface area contributed by atoms with Gasteiger partial charge in [0.05, 0.1) is 11.3 Å². The van der Waals surface area contributed by atoms with Gasteiger partial charge in [0, 0.05) is 25.2 Å². The lowest BCUT2D eigenvalue weighted by Crippen LogP contribution is -2.53. The van der Waals surface area contributed by atoms with Crippen LogP contribution in [0, 0.1) is 11.3 Å². The maximum absolute atomic E-state index is 12.9. The first-order valence-electron chi connectivity index (χ1n) is 11.0. The van der Waals surface area contributed by atoms with Crippen molar-refractivity contribution in [3.63, 3.8) is 0 Å². The Morgan fingerprint density at radius 1 is 1.18 bits per heavy atom. The van der Waals surface area contributed by atoms with Crippen molar-refractivity contribution in [3.05, 3.63) is 47.5 Å². The number of anilines is 2. The van der Waals surface area contributed by atoms with Gasteiger partial charge in [0.2, 0.25) is 5.91 Å². The van der Waals surface area contributed by atoms with Gasteiger partial charge in [-0.2, -0.15) is 5.26 Å². The lowest BCUT2D eigenvalue weighted by molar-refractivity contribution is -0.120. The van der Waals surface area contributed by atoms with Crippen molar-refractivity contribution in [2.45, 2.75) is 44.2 Å². The molecule has 1 heterocycles. The fourth-order valence-corrected chi connectivity index (χ4v) is 4.36. The summed E-state index contributed by atoms with van der Waals surface area (Å²) in [5.74, 6) is 0.201. The fourth-order valence-electron chi connectivity index (χ4n) is 4.36. The minimum absolute atomic E-state index is 0.108. The predicted molar refractivity (Wildman–Crippen MR) is 124 cm³/mol. The summed E-state index contributed by atoms with van der Waals surface area (Å²) >= 11 is 0. The molecule has 1 fully saturated rings. The standard InChI is InChI=1S/C24H25N5O5/c1-29-21-15(11-18(22(29)30)28-23(26)31)10-16(27-24(32)33-17-7-3-4-8-17)12-20(21)34-19-9-5-2-6-14(19)13-25/h2,5-6,9-10,12,17-18H,3-4,7-8,11H2,1H3,(H,27,32)(H3,26,28,31). The molecule has 0 bridgehead atoms. The molecule has 4 N–H and O–H groups in total. The molecule has 2 aliphatic rings. The van der Waals surface area contributed by atoms with E-state index in [1.807, 2.05) is 0 Å². The van der Waals surface area contributed by atoms with Gasteiger partial charge in [0.25, 0.3) is 0 Å². The van der Waals surface area contributed by atoms with Crippen molar-refractivity contribution in [1.29, 1.82) is 5.26 Å². The van der Waals surface area contributed by atoms with Crippen LogP contribution < -0.4 is 26.0 Å². The average molecular weight is 463 g/mol. The minimum Gasteiger partial charge on any atom is -0.454 e. The highest BCUT2D eigenvalue weighted by Crippen LogP contribution is 2.41. The second-order valence-corrected chi connectivity index (χ2v) is 8.29. The number of primary amides is 1. The summed E-state index contributed by atoms with van der Waals surface area (Å²) in [5, 5.41) is 14.6. The van der Waals surface area contributed by atoms with Crippen LogP contribution >= 0.6 is 0 Å². The number of carbonyl (C=O) groups is 3. The van der Waals surface area contributed by atoms with Crippen molar-refractivity contribution >= 4 is 29.4 Å². The molecule has 1 aliphatic heterocycles. The van der Waals surface area contributed by atoms with Crippen LogP contribution in [0.15, 0.2) is 36.4 Å². The number of ether oxygens (including phenoxy) is 2. The monoisotopic (exact) mass is 463 g/mol. The molecule has 1 saturated carbocycles. The van der Waals surface area contributed by atoms with Crippen LogP contribution in [0.3, 0.4) is 0 Å². The maximum Gasteiger partial charge on any atom is 0.411 e. The summed E-state index contributed by atoms with van der Waals surface area (Å²) in [6.07, 6.45) is 3.19. The van der Waals surface area contributed by atoms with Gasteiger partial charge in [0.15, 0.2) is 5.75 Å². The number of nitrogens with two attached hydrogens (primary N) is 1. The second-order valence-electron chi connectivity index (χ2n) is 8.29. The quantitative estimate of drug-likeness (QED) is 0.619. The molecule has 176 valence electrons. The van der Waals surface area contributed by atoms with Gasteiger partial charge in [-0.25, -0.2) is 9.59 Å². The number of likely N-dealkylation sites (N-methyl/N-ethyl adjacent to an activating group) is 1. The number of para-hydroxylation sites is 1. The Kier molecular flexibility index (Phi) is 6.54. The molecule has 0 spiro atoms. The smallest absolute Gasteiger partial charge is 0.411 e. The van der Waals surface area contributed by atoms with E-state index in [4.69, 9.17) is 15.2 Å². The SMILES string of the molecule is CN1C(=O)C(NC(N)=O)Cc2cc(NC(=O)OC3CCCC3)cc(Oc3ccccc3C#N)c21. The third-order valence-corrected chi connectivity index (χ3v) is 5.91. The van der Waals surface area contributed by atoms with E-state index in [2.05, 4.69) is 16.7 Å². The van der Waals surface area contributed by atoms with Crippen LogP contribution in [0.1, 0.15) is 36.8 Å². The first kappa shape index (κ1) is 22.9. The zero-order chi connectivity index (χ0) is 24.2. The normalized spacial score (nSPS) is 17.5. The lowest BCUT2D eigenvalue weighted by Gasteiger charge is -2.33. The zero-order valence-corrected chi connectivity index (χ0v) is 18.7. The highest BCUT2D eigenvalue weighted by molar-refractivity contribution is 6.03. The number of carbonyl (C=O) groups excluding carboxylic acids is 3. The summed E-state index contributed by atoms with van der Waals surface area (Å²) in [7, 11) is 1.56. The Morgan fingerprint density at radius 2 is 1.91 bits per heavy atom. The molecule has 1 aliphatic carbocycles. The highest BCUT2D eigenvalue weighted by Gasteiger charge is 2.34. The molecule has 4 rings (SSSR count). The van der Waals surface area contributed by atoms with Crippen molar-refractivity contribution in [1.82, 2.24) is 5.32 Å². The molecular formula is C24H25N5O5. The van der Waals surface area contributed by atoms with Crippen molar-refractivity contribution < 1.29 is 23.9 Å². The maximum atomic E-state index is 12.9. The first-order valence-corrected chi connectivity index (χ1v) is 11.0. The van der Waals surface area contributed by atoms with Crippen LogP contribution in [0.2, 0.25) is 0 Å². The Bertz CT molecular complexity index is 1170. The number of urea groups is 1. The lowest BCUT2D eigenvalue weighted by atomic mass is 9.96. The van der Waals surface area contributed by atoms with Crippen LogP contribution in [-0.2, 0) is 16.0 Å². The number of benzene rings is 2. The third-order valence-electron chi connectivity index (χ3n) is 5.91. The number of hydrogen-bond acceptors (Lipinski definition) is 6. The molecule has 1 atom stereocenters. The number of fused-ring (bicyclic) bond motifs is 1. The van der Waals surface area contributed by atoms with Crippen molar-refractivity contribution in [2.75, 3.05) is 17.3 Å². The van der Waals surface area contributed by atoms with E-state index in [-0.39, 0.29) is 24.2 Å². The van der Waals surface area contributed by atoms with Crippen LogP contribution in [0.25, 0.3) is 0 Å². The molecule has 0 aromatic heterocycles. The number of nitriles is 1. The highest BCUT2D eigenvalue weighted by atomic mass is 16.6. The predicted octanol–water partition coefficient (Wildman–Crippen LogP) is 3.40. The largest absolute Gasteiger partial charge is 0.454 e. The molecule has 2 aromatic carbocycles. The van der Waals surface area contributed by atoms with E-state index in [0.717, 1.165) is 25.7 Å². The summed E-state index contributed by atoms with van der Waals surface area (Å²) < 4.78 is 11.6.